The average molecular weight is 350 g/mol. The highest BCUT2D eigenvalue weighted by Gasteiger charge is 2.11. The van der Waals surface area contributed by atoms with Crippen LogP contribution in [0, 0.1) is 0 Å². The van der Waals surface area contributed by atoms with E-state index in [1.165, 1.54) is 37.8 Å². The summed E-state index contributed by atoms with van der Waals surface area (Å²) in [5.74, 6) is 0. The van der Waals surface area contributed by atoms with E-state index >= 15 is 0 Å². The Hall–Kier alpha value is -1.17. The number of hydrogen-bond acceptors (Lipinski definition) is 3. The maximum atomic E-state index is 11.6. The summed E-state index contributed by atoms with van der Waals surface area (Å²) >= 11 is 0. The van der Waals surface area contributed by atoms with Crippen LogP contribution in [0.5, 0.6) is 0 Å². The molecule has 0 spiro atoms. The first-order chi connectivity index (χ1) is 11.0. The van der Waals surface area contributed by atoms with Gasteiger partial charge in [-0.2, -0.15) is 0 Å². The molecule has 3 rings (SSSR count). The molecule has 1 aromatic carbocycles. The molecule has 124 valence electrons. The zero-order valence-corrected chi connectivity index (χ0v) is 15.1. The molecule has 0 amide bonds. The Kier molecular flexibility index (Phi) is 5.19. The van der Waals surface area contributed by atoms with Gasteiger partial charge in [-0.25, -0.2) is 8.42 Å². The van der Waals surface area contributed by atoms with Crippen molar-refractivity contribution in [2.75, 3.05) is 25.9 Å². The standard InChI is InChI=1S/C18H23NO2S2/c1-23(20,21)22-14-9-18(10-15-22)17-6-4-16(5-7-17)8-13-19-11-2-3-12-19/h4-7,9-10,14-15H,2-3,8,11-13H2,1H3. The second-order valence-electron chi connectivity index (χ2n) is 6.09. The minimum absolute atomic E-state index is 0.781. The molecule has 1 fully saturated rings. The number of likely N-dealkylation sites (tertiary alicyclic amines) is 1. The lowest BCUT2D eigenvalue weighted by Gasteiger charge is -2.14. The van der Waals surface area contributed by atoms with Gasteiger partial charge in [0, 0.05) is 12.8 Å². The summed E-state index contributed by atoms with van der Waals surface area (Å²) in [6, 6.07) is 8.64. The van der Waals surface area contributed by atoms with Crippen LogP contribution in [0.3, 0.4) is 0 Å². The van der Waals surface area contributed by atoms with E-state index < -0.39 is 18.4 Å². The number of hydrogen-bond donors (Lipinski definition) is 0. The van der Waals surface area contributed by atoms with Crippen molar-refractivity contribution in [2.24, 2.45) is 0 Å². The van der Waals surface area contributed by atoms with Crippen molar-refractivity contribution in [2.45, 2.75) is 19.3 Å². The van der Waals surface area contributed by atoms with Crippen molar-refractivity contribution in [1.82, 2.24) is 4.90 Å². The fourth-order valence-electron chi connectivity index (χ4n) is 2.93. The molecule has 0 radical (unpaired) electrons. The molecule has 0 aromatic heterocycles. The van der Waals surface area contributed by atoms with Crippen molar-refractivity contribution in [3.8, 4) is 0 Å². The first kappa shape index (κ1) is 16.7. The highest BCUT2D eigenvalue weighted by atomic mass is 33.2. The Morgan fingerprint density at radius 1 is 1.13 bits per heavy atom. The van der Waals surface area contributed by atoms with Crippen LogP contribution >= 0.6 is 9.52 Å². The van der Waals surface area contributed by atoms with Crippen molar-refractivity contribution in [3.63, 3.8) is 0 Å². The number of nitrogens with zero attached hydrogens (tertiary/aromatic N) is 1. The molecule has 1 unspecified atom stereocenters. The molecule has 0 N–H and O–H groups in total. The average Bonchev–Trinajstić information content (AvgIpc) is 3.06. The second-order valence-corrected chi connectivity index (χ2v) is 11.7. The molecule has 0 aliphatic carbocycles. The Morgan fingerprint density at radius 2 is 1.83 bits per heavy atom. The summed E-state index contributed by atoms with van der Waals surface area (Å²) in [7, 11) is -3.80. The monoisotopic (exact) mass is 349 g/mol. The van der Waals surface area contributed by atoms with Crippen molar-refractivity contribution < 1.29 is 8.42 Å². The van der Waals surface area contributed by atoms with Gasteiger partial charge < -0.3 is 4.90 Å². The second kappa shape index (κ2) is 7.16. The fourth-order valence-corrected chi connectivity index (χ4v) is 5.53. The molecule has 0 saturated carbocycles. The number of rotatable bonds is 5. The smallest absolute Gasteiger partial charge is 0.196 e. The molecule has 5 heteroatoms. The number of benzene rings is 1. The predicted molar refractivity (Wildman–Crippen MR) is 101 cm³/mol. The van der Waals surface area contributed by atoms with Crippen molar-refractivity contribution >= 4 is 29.3 Å². The van der Waals surface area contributed by atoms with Gasteiger partial charge in [0.1, 0.15) is 0 Å². The molecule has 2 aliphatic rings. The van der Waals surface area contributed by atoms with Gasteiger partial charge in [0.05, 0.1) is 0 Å². The topological polar surface area (TPSA) is 37.4 Å². The van der Waals surface area contributed by atoms with E-state index in [0.29, 0.717) is 0 Å². The molecule has 23 heavy (non-hydrogen) atoms. The Bertz CT molecular complexity index is 753. The maximum absolute atomic E-state index is 11.6. The van der Waals surface area contributed by atoms with E-state index in [9.17, 15) is 8.42 Å². The summed E-state index contributed by atoms with van der Waals surface area (Å²) in [6.07, 6.45) is 8.90. The third-order valence-corrected chi connectivity index (χ3v) is 8.59. The molecule has 1 saturated heterocycles. The van der Waals surface area contributed by atoms with E-state index in [0.717, 1.165) is 24.1 Å². The van der Waals surface area contributed by atoms with Crippen molar-refractivity contribution in [1.29, 1.82) is 0 Å². The fraction of sp³-hybridized carbons (Fsp3) is 0.389. The molecule has 0 bridgehead atoms. The third-order valence-electron chi connectivity index (χ3n) is 4.32. The van der Waals surface area contributed by atoms with Crippen molar-refractivity contribution in [3.05, 3.63) is 53.0 Å². The van der Waals surface area contributed by atoms with Gasteiger partial charge in [-0.1, -0.05) is 24.3 Å². The highest BCUT2D eigenvalue weighted by Crippen LogP contribution is 2.29. The Labute approximate surface area is 140 Å². The van der Waals surface area contributed by atoms with Gasteiger partial charge in [0.15, 0.2) is 8.87 Å². The van der Waals surface area contributed by atoms with Gasteiger partial charge >= 0.3 is 0 Å². The minimum atomic E-state index is -3.02. The third kappa shape index (κ3) is 4.43. The van der Waals surface area contributed by atoms with Crippen LogP contribution in [-0.4, -0.2) is 44.6 Å². The van der Waals surface area contributed by atoms with Gasteiger partial charge in [0.25, 0.3) is 0 Å². The maximum Gasteiger partial charge on any atom is 0.196 e. The first-order valence-corrected chi connectivity index (χ1v) is 11.8. The normalized spacial score (nSPS) is 22.0. The highest BCUT2D eigenvalue weighted by molar-refractivity contribution is 8.80. The zero-order chi connectivity index (χ0) is 16.3. The van der Waals surface area contributed by atoms with Gasteiger partial charge in [-0.05, 0) is 81.5 Å². The summed E-state index contributed by atoms with van der Waals surface area (Å²) in [4.78, 5) is 2.53. The van der Waals surface area contributed by atoms with E-state index in [2.05, 4.69) is 29.2 Å². The lowest BCUT2D eigenvalue weighted by atomic mass is 10.0. The molecule has 3 nitrogen and oxygen atoms in total. The van der Waals surface area contributed by atoms with Crippen LogP contribution in [0.15, 0.2) is 41.8 Å². The molecule has 1 atom stereocenters. The summed E-state index contributed by atoms with van der Waals surface area (Å²) in [5.41, 5.74) is 3.57. The molecule has 1 aromatic rings. The van der Waals surface area contributed by atoms with Crippen LogP contribution in [-0.2, 0) is 15.3 Å². The molecule has 2 heterocycles. The van der Waals surface area contributed by atoms with Crippen LogP contribution < -0.4 is 0 Å². The summed E-state index contributed by atoms with van der Waals surface area (Å²) < 4.78 is 23.1. The largest absolute Gasteiger partial charge is 0.303 e. The van der Waals surface area contributed by atoms with Gasteiger partial charge in [-0.3, -0.25) is 0 Å². The van der Waals surface area contributed by atoms with E-state index in [1.807, 2.05) is 12.2 Å². The molecular formula is C18H23NO2S2. The van der Waals surface area contributed by atoms with Crippen LogP contribution in [0.1, 0.15) is 24.0 Å². The lowest BCUT2D eigenvalue weighted by Crippen LogP contribution is -2.21. The SMILES string of the molecule is CS(=O)(=O)S1=CC=C(c2ccc(CCN3CCCC3)cc2)C=C1. The van der Waals surface area contributed by atoms with Gasteiger partial charge in [-0.15, -0.1) is 0 Å². The molecular weight excluding hydrogens is 326 g/mol. The quantitative estimate of drug-likeness (QED) is 0.605. The van der Waals surface area contributed by atoms with E-state index in [-0.39, 0.29) is 0 Å². The zero-order valence-electron chi connectivity index (χ0n) is 13.4. The molecule has 2 aliphatic heterocycles. The minimum Gasteiger partial charge on any atom is -0.303 e. The van der Waals surface area contributed by atoms with E-state index in [4.69, 9.17) is 0 Å². The lowest BCUT2D eigenvalue weighted by molar-refractivity contribution is 0.343. The van der Waals surface area contributed by atoms with Crippen LogP contribution in [0.25, 0.3) is 5.57 Å². The summed E-state index contributed by atoms with van der Waals surface area (Å²) in [5, 5.41) is 3.57. The van der Waals surface area contributed by atoms with Crippen LogP contribution in [0.4, 0.5) is 0 Å². The van der Waals surface area contributed by atoms with Crippen LogP contribution in [0.2, 0.25) is 0 Å². The van der Waals surface area contributed by atoms with Gasteiger partial charge in [0.2, 0.25) is 0 Å². The Balaban J connectivity index is 1.65. The summed E-state index contributed by atoms with van der Waals surface area (Å²) in [6.45, 7) is 3.63. The first-order valence-electron chi connectivity index (χ1n) is 8.00. The van der Waals surface area contributed by atoms with E-state index in [1.54, 1.807) is 10.8 Å². The Morgan fingerprint density at radius 3 is 2.39 bits per heavy atom. The predicted octanol–water partition coefficient (Wildman–Crippen LogP) is 3.27. The number of allylic oxidation sites excluding steroid dienone is 3.